The van der Waals surface area contributed by atoms with Crippen LogP contribution in [0, 0.1) is 16.7 Å². The first-order chi connectivity index (χ1) is 17.6. The Balaban J connectivity index is 1.77. The summed E-state index contributed by atoms with van der Waals surface area (Å²) in [6.07, 6.45) is 3.92. The van der Waals surface area contributed by atoms with E-state index in [0.717, 1.165) is 18.4 Å². The minimum absolute atomic E-state index is 0.0719. The molecule has 2 saturated heterocycles. The Morgan fingerprint density at radius 3 is 2.46 bits per heavy atom. The molecule has 1 aromatic rings. The molecule has 1 aromatic heterocycles. The van der Waals surface area contributed by atoms with E-state index in [1.54, 1.807) is 19.6 Å². The zero-order chi connectivity index (χ0) is 26.6. The maximum atomic E-state index is 12.5. The summed E-state index contributed by atoms with van der Waals surface area (Å²) in [5.74, 6) is -1.58. The van der Waals surface area contributed by atoms with Crippen LogP contribution in [0.5, 0.6) is 0 Å². The molecule has 10 nitrogen and oxygen atoms in total. The molecule has 2 spiro atoms. The topological polar surface area (TPSA) is 123 Å². The molecule has 0 radical (unpaired) electrons. The predicted molar refractivity (Wildman–Crippen MR) is 125 cm³/mol. The maximum absolute atomic E-state index is 12.5. The molecular formula is C27H34O10. The highest BCUT2D eigenvalue weighted by Gasteiger charge is 2.78. The zero-order valence-corrected chi connectivity index (χ0v) is 21.9. The highest BCUT2D eigenvalue weighted by molar-refractivity contribution is 5.70. The molecule has 7 atom stereocenters. The number of fused-ring (bicyclic) bond motifs is 3. The SMILES string of the molecule is CO[C@@H]1O[C@H](c2ccoc2)C[C@]12C(C)=C(OC(C)=O)[C@H](OC(C)=O)[C@]1(COC(C)=O)[C@@H]2CCC[C@]12CO2. The number of ether oxygens (including phenoxy) is 6. The van der Waals surface area contributed by atoms with Crippen LogP contribution in [0.1, 0.15) is 65.0 Å². The molecule has 37 heavy (non-hydrogen) atoms. The highest BCUT2D eigenvalue weighted by atomic mass is 16.7. The lowest BCUT2D eigenvalue weighted by atomic mass is 9.44. The van der Waals surface area contributed by atoms with Crippen molar-refractivity contribution >= 4 is 17.9 Å². The number of esters is 3. The Bertz CT molecular complexity index is 1100. The van der Waals surface area contributed by atoms with E-state index in [0.29, 0.717) is 25.0 Å². The zero-order valence-electron chi connectivity index (χ0n) is 21.9. The quantitative estimate of drug-likeness (QED) is 0.313. The standard InChI is InChI=1S/C27H34O10/c1-15-22(35-17(3)29)23(36-18(4)30)27(14-33-16(2)28)21(7-6-9-25(27)13-34-25)26(15)11-20(37-24(26)31-5)19-8-10-32-12-19/h8,10,12,20-21,23-24H,6-7,9,11,13-14H2,1-5H3/t20-,21+,23-,24+,25-,26+,27-/m0/s1. The first kappa shape index (κ1) is 25.9. The van der Waals surface area contributed by atoms with Gasteiger partial charge in [0.05, 0.1) is 36.1 Å². The molecule has 2 aliphatic carbocycles. The molecule has 2 aliphatic heterocycles. The summed E-state index contributed by atoms with van der Waals surface area (Å²) in [4.78, 5) is 37.1. The van der Waals surface area contributed by atoms with Crippen LogP contribution in [0.2, 0.25) is 0 Å². The fourth-order valence-corrected chi connectivity index (χ4v) is 7.38. The molecule has 0 amide bonds. The van der Waals surface area contributed by atoms with Crippen molar-refractivity contribution in [2.45, 2.75) is 77.5 Å². The summed E-state index contributed by atoms with van der Waals surface area (Å²) in [5, 5.41) is 0. The van der Waals surface area contributed by atoms with Gasteiger partial charge in [0, 0.05) is 33.4 Å². The van der Waals surface area contributed by atoms with Crippen LogP contribution in [0.4, 0.5) is 0 Å². The third kappa shape index (κ3) is 3.83. The largest absolute Gasteiger partial charge is 0.472 e. The van der Waals surface area contributed by atoms with Gasteiger partial charge in [0.15, 0.2) is 12.4 Å². The average molecular weight is 519 g/mol. The van der Waals surface area contributed by atoms with Crippen molar-refractivity contribution < 1.29 is 47.2 Å². The van der Waals surface area contributed by atoms with Gasteiger partial charge in [-0.25, -0.2) is 0 Å². The fraction of sp³-hybridized carbons (Fsp3) is 0.667. The number of carbonyl (C=O) groups is 3. The summed E-state index contributed by atoms with van der Waals surface area (Å²) < 4.78 is 41.5. The molecule has 5 rings (SSSR count). The van der Waals surface area contributed by atoms with Crippen LogP contribution in [0.25, 0.3) is 0 Å². The second-order valence-electron chi connectivity index (χ2n) is 10.6. The van der Waals surface area contributed by atoms with E-state index in [1.807, 2.05) is 13.0 Å². The second-order valence-corrected chi connectivity index (χ2v) is 10.6. The van der Waals surface area contributed by atoms with Crippen molar-refractivity contribution in [2.24, 2.45) is 16.7 Å². The highest BCUT2D eigenvalue weighted by Crippen LogP contribution is 2.72. The molecule has 3 heterocycles. The molecule has 1 saturated carbocycles. The molecule has 0 aromatic carbocycles. The fourth-order valence-electron chi connectivity index (χ4n) is 7.38. The van der Waals surface area contributed by atoms with Gasteiger partial charge in [-0.3, -0.25) is 14.4 Å². The number of epoxide rings is 1. The van der Waals surface area contributed by atoms with Crippen LogP contribution < -0.4 is 0 Å². The average Bonchev–Trinajstić information content (AvgIpc) is 3.26. The van der Waals surface area contributed by atoms with Gasteiger partial charge < -0.3 is 32.8 Å². The van der Waals surface area contributed by atoms with Crippen LogP contribution in [0.15, 0.2) is 34.3 Å². The van der Waals surface area contributed by atoms with Gasteiger partial charge in [0.2, 0.25) is 0 Å². The summed E-state index contributed by atoms with van der Waals surface area (Å²) in [7, 11) is 1.58. The summed E-state index contributed by atoms with van der Waals surface area (Å²) in [6, 6.07) is 1.85. The smallest absolute Gasteiger partial charge is 0.307 e. The maximum Gasteiger partial charge on any atom is 0.307 e. The van der Waals surface area contributed by atoms with Gasteiger partial charge >= 0.3 is 17.9 Å². The Morgan fingerprint density at radius 1 is 1.14 bits per heavy atom. The van der Waals surface area contributed by atoms with E-state index in [4.69, 9.17) is 32.8 Å². The lowest BCUT2D eigenvalue weighted by molar-refractivity contribution is -0.232. The van der Waals surface area contributed by atoms with Crippen LogP contribution in [-0.2, 0) is 42.8 Å². The molecule has 10 heteroatoms. The second kappa shape index (κ2) is 9.25. The minimum Gasteiger partial charge on any atom is -0.472 e. The first-order valence-corrected chi connectivity index (χ1v) is 12.7. The van der Waals surface area contributed by atoms with Crippen molar-refractivity contribution in [3.63, 3.8) is 0 Å². The van der Waals surface area contributed by atoms with Crippen molar-refractivity contribution in [1.29, 1.82) is 0 Å². The van der Waals surface area contributed by atoms with Gasteiger partial charge in [0.25, 0.3) is 0 Å². The van der Waals surface area contributed by atoms with Gasteiger partial charge in [-0.1, -0.05) is 6.42 Å². The lowest BCUT2D eigenvalue weighted by Gasteiger charge is -2.60. The molecule has 4 aliphatic rings. The van der Waals surface area contributed by atoms with E-state index >= 15 is 0 Å². The van der Waals surface area contributed by atoms with Crippen molar-refractivity contribution in [2.75, 3.05) is 20.3 Å². The van der Waals surface area contributed by atoms with E-state index < -0.39 is 46.7 Å². The van der Waals surface area contributed by atoms with E-state index in [-0.39, 0.29) is 24.4 Å². The molecular weight excluding hydrogens is 484 g/mol. The summed E-state index contributed by atoms with van der Waals surface area (Å²) in [6.45, 7) is 6.18. The van der Waals surface area contributed by atoms with Crippen LogP contribution >= 0.6 is 0 Å². The van der Waals surface area contributed by atoms with Gasteiger partial charge in [-0.05, 0) is 43.7 Å². The third-order valence-corrected chi connectivity index (χ3v) is 8.84. The van der Waals surface area contributed by atoms with Crippen LogP contribution in [0.3, 0.4) is 0 Å². The van der Waals surface area contributed by atoms with E-state index in [9.17, 15) is 14.4 Å². The van der Waals surface area contributed by atoms with Gasteiger partial charge in [-0.2, -0.15) is 0 Å². The minimum atomic E-state index is -1.03. The monoisotopic (exact) mass is 518 g/mol. The normalized spacial score (nSPS) is 38.4. The number of hydrogen-bond donors (Lipinski definition) is 0. The summed E-state index contributed by atoms with van der Waals surface area (Å²) >= 11 is 0. The number of methoxy groups -OCH3 is 1. The molecule has 3 fully saturated rings. The molecule has 0 bridgehead atoms. The Kier molecular flexibility index (Phi) is 6.49. The predicted octanol–water partition coefficient (Wildman–Crippen LogP) is 3.60. The van der Waals surface area contributed by atoms with Crippen LogP contribution in [-0.4, -0.2) is 56.2 Å². The first-order valence-electron chi connectivity index (χ1n) is 12.7. The lowest BCUT2D eigenvalue weighted by Crippen LogP contribution is -2.68. The Hall–Kier alpha value is -2.69. The van der Waals surface area contributed by atoms with E-state index in [1.165, 1.54) is 20.8 Å². The molecule has 0 unspecified atom stereocenters. The number of hydrogen-bond acceptors (Lipinski definition) is 10. The van der Waals surface area contributed by atoms with Gasteiger partial charge in [0.1, 0.15) is 18.0 Å². The van der Waals surface area contributed by atoms with E-state index in [2.05, 4.69) is 0 Å². The van der Waals surface area contributed by atoms with Crippen molar-refractivity contribution in [1.82, 2.24) is 0 Å². The molecule has 0 N–H and O–H groups in total. The summed E-state index contributed by atoms with van der Waals surface area (Å²) in [5.41, 5.74) is -0.971. The van der Waals surface area contributed by atoms with Crippen molar-refractivity contribution in [3.05, 3.63) is 35.5 Å². The molecule has 202 valence electrons. The number of carbonyl (C=O) groups excluding carboxylic acids is 3. The Labute approximate surface area is 215 Å². The van der Waals surface area contributed by atoms with Gasteiger partial charge in [-0.15, -0.1) is 0 Å². The number of rotatable bonds is 6. The third-order valence-electron chi connectivity index (χ3n) is 8.84. The number of furan rings is 1. The van der Waals surface area contributed by atoms with Crippen molar-refractivity contribution in [3.8, 4) is 0 Å². The Morgan fingerprint density at radius 2 is 1.89 bits per heavy atom.